The van der Waals surface area contributed by atoms with Gasteiger partial charge in [0.05, 0.1) is 18.5 Å². The molecule has 0 fully saturated rings. The fourth-order valence-electron chi connectivity index (χ4n) is 1.79. The third-order valence-corrected chi connectivity index (χ3v) is 2.82. The molecule has 118 valence electrons. The van der Waals surface area contributed by atoms with E-state index in [1.807, 2.05) is 37.3 Å². The van der Waals surface area contributed by atoms with Gasteiger partial charge in [0.25, 0.3) is 0 Å². The molecular weight excluding hydrogens is 294 g/mol. The van der Waals surface area contributed by atoms with Crippen molar-refractivity contribution in [1.82, 2.24) is 5.43 Å². The molecule has 0 saturated carbocycles. The van der Waals surface area contributed by atoms with Crippen molar-refractivity contribution >= 4 is 23.7 Å². The van der Waals surface area contributed by atoms with Crippen LogP contribution in [0.1, 0.15) is 12.5 Å². The number of rotatable bonds is 5. The van der Waals surface area contributed by atoms with Crippen molar-refractivity contribution in [3.8, 4) is 5.75 Å². The van der Waals surface area contributed by atoms with Gasteiger partial charge in [-0.05, 0) is 24.6 Å². The molecule has 0 radical (unpaired) electrons. The SMILES string of the molecule is CCOc1ccccc1NC(=O)C(=O)NN=Cc1ccccc1. The summed E-state index contributed by atoms with van der Waals surface area (Å²) in [6.07, 6.45) is 1.46. The minimum Gasteiger partial charge on any atom is -0.492 e. The molecule has 6 heteroatoms. The number of anilines is 1. The average Bonchev–Trinajstić information content (AvgIpc) is 2.57. The molecule has 23 heavy (non-hydrogen) atoms. The second kappa shape index (κ2) is 8.33. The van der Waals surface area contributed by atoms with Crippen LogP contribution in [0.2, 0.25) is 0 Å². The maximum atomic E-state index is 11.9. The summed E-state index contributed by atoms with van der Waals surface area (Å²) in [5.74, 6) is -1.17. The van der Waals surface area contributed by atoms with E-state index in [1.54, 1.807) is 24.3 Å². The highest BCUT2D eigenvalue weighted by molar-refractivity contribution is 6.39. The van der Waals surface area contributed by atoms with Gasteiger partial charge in [-0.25, -0.2) is 5.43 Å². The number of ether oxygens (including phenoxy) is 1. The van der Waals surface area contributed by atoms with Crippen LogP contribution in [0.4, 0.5) is 5.69 Å². The minimum atomic E-state index is -0.858. The largest absolute Gasteiger partial charge is 0.492 e. The molecule has 2 rings (SSSR count). The van der Waals surface area contributed by atoms with Gasteiger partial charge in [-0.1, -0.05) is 42.5 Å². The van der Waals surface area contributed by atoms with Crippen LogP contribution in [0, 0.1) is 0 Å². The number of carbonyl (C=O) groups is 2. The third-order valence-electron chi connectivity index (χ3n) is 2.82. The first-order chi connectivity index (χ1) is 11.2. The Morgan fingerprint density at radius 2 is 1.74 bits per heavy atom. The van der Waals surface area contributed by atoms with Crippen molar-refractivity contribution in [2.45, 2.75) is 6.92 Å². The summed E-state index contributed by atoms with van der Waals surface area (Å²) >= 11 is 0. The number of benzene rings is 2. The van der Waals surface area contributed by atoms with Crippen LogP contribution >= 0.6 is 0 Å². The van der Waals surface area contributed by atoms with Crippen molar-refractivity contribution in [3.63, 3.8) is 0 Å². The molecule has 0 heterocycles. The summed E-state index contributed by atoms with van der Waals surface area (Å²) in [4.78, 5) is 23.6. The lowest BCUT2D eigenvalue weighted by molar-refractivity contribution is -0.136. The van der Waals surface area contributed by atoms with Gasteiger partial charge in [0.1, 0.15) is 5.75 Å². The van der Waals surface area contributed by atoms with E-state index in [2.05, 4.69) is 15.8 Å². The summed E-state index contributed by atoms with van der Waals surface area (Å²) in [7, 11) is 0. The van der Waals surface area contributed by atoms with E-state index in [-0.39, 0.29) is 0 Å². The lowest BCUT2D eigenvalue weighted by Gasteiger charge is -2.10. The van der Waals surface area contributed by atoms with Crippen LogP contribution in [0.5, 0.6) is 5.75 Å². The normalized spacial score (nSPS) is 10.3. The summed E-state index contributed by atoms with van der Waals surface area (Å²) in [5, 5.41) is 6.24. The van der Waals surface area contributed by atoms with E-state index in [9.17, 15) is 9.59 Å². The summed E-state index contributed by atoms with van der Waals surface area (Å²) in [6, 6.07) is 16.1. The molecule has 0 unspecified atom stereocenters. The molecule has 0 aliphatic carbocycles. The monoisotopic (exact) mass is 311 g/mol. The molecule has 0 aliphatic rings. The van der Waals surface area contributed by atoms with E-state index >= 15 is 0 Å². The fourth-order valence-corrected chi connectivity index (χ4v) is 1.79. The van der Waals surface area contributed by atoms with E-state index in [0.29, 0.717) is 18.0 Å². The number of nitrogens with one attached hydrogen (secondary N) is 2. The van der Waals surface area contributed by atoms with Gasteiger partial charge in [0.15, 0.2) is 0 Å². The number of amides is 2. The van der Waals surface area contributed by atoms with Gasteiger partial charge in [-0.3, -0.25) is 9.59 Å². The van der Waals surface area contributed by atoms with Crippen molar-refractivity contribution in [3.05, 3.63) is 60.2 Å². The summed E-state index contributed by atoms with van der Waals surface area (Å²) < 4.78 is 5.38. The van der Waals surface area contributed by atoms with E-state index in [0.717, 1.165) is 5.56 Å². The Bertz CT molecular complexity index is 699. The summed E-state index contributed by atoms with van der Waals surface area (Å²) in [6.45, 7) is 2.30. The molecular formula is C17H17N3O3. The molecule has 2 aromatic carbocycles. The van der Waals surface area contributed by atoms with Crippen LogP contribution < -0.4 is 15.5 Å². The van der Waals surface area contributed by atoms with Gasteiger partial charge in [0.2, 0.25) is 0 Å². The standard InChI is InChI=1S/C17H17N3O3/c1-2-23-15-11-7-6-10-14(15)19-16(21)17(22)20-18-12-13-8-4-3-5-9-13/h3-12H,2H2,1H3,(H,19,21)(H,20,22). The van der Waals surface area contributed by atoms with Crippen molar-refractivity contribution in [2.75, 3.05) is 11.9 Å². The Hall–Kier alpha value is -3.15. The Balaban J connectivity index is 1.93. The number of hydrogen-bond acceptors (Lipinski definition) is 4. The van der Waals surface area contributed by atoms with Gasteiger partial charge in [-0.15, -0.1) is 0 Å². The zero-order valence-electron chi connectivity index (χ0n) is 12.7. The molecule has 0 saturated heterocycles. The molecule has 6 nitrogen and oxygen atoms in total. The Morgan fingerprint density at radius 1 is 1.04 bits per heavy atom. The van der Waals surface area contributed by atoms with Crippen LogP contribution in [0.15, 0.2) is 59.7 Å². The molecule has 0 atom stereocenters. The minimum absolute atomic E-state index is 0.432. The zero-order valence-corrected chi connectivity index (χ0v) is 12.7. The predicted molar refractivity (Wildman–Crippen MR) is 88.4 cm³/mol. The van der Waals surface area contributed by atoms with Crippen LogP contribution in [-0.4, -0.2) is 24.6 Å². The molecule has 0 spiro atoms. The summed E-state index contributed by atoms with van der Waals surface area (Å²) in [5.41, 5.74) is 3.43. The predicted octanol–water partition coefficient (Wildman–Crippen LogP) is 2.17. The number of nitrogens with zero attached hydrogens (tertiary/aromatic N) is 1. The van der Waals surface area contributed by atoms with Crippen molar-refractivity contribution in [1.29, 1.82) is 0 Å². The number of hydrazone groups is 1. The lowest BCUT2D eigenvalue weighted by atomic mass is 10.2. The first-order valence-corrected chi connectivity index (χ1v) is 7.12. The van der Waals surface area contributed by atoms with Gasteiger partial charge < -0.3 is 10.1 Å². The fraction of sp³-hybridized carbons (Fsp3) is 0.118. The van der Waals surface area contributed by atoms with Crippen LogP contribution in [-0.2, 0) is 9.59 Å². The van der Waals surface area contributed by atoms with E-state index in [1.165, 1.54) is 6.21 Å². The van der Waals surface area contributed by atoms with Gasteiger partial charge in [0, 0.05) is 0 Å². The first-order valence-electron chi connectivity index (χ1n) is 7.12. The van der Waals surface area contributed by atoms with Crippen LogP contribution in [0.25, 0.3) is 0 Å². The number of hydrogen-bond donors (Lipinski definition) is 2. The van der Waals surface area contributed by atoms with Crippen LogP contribution in [0.3, 0.4) is 0 Å². The highest BCUT2D eigenvalue weighted by Gasteiger charge is 2.14. The molecule has 0 aromatic heterocycles. The third kappa shape index (κ3) is 4.96. The second-order valence-electron chi connectivity index (χ2n) is 4.49. The highest BCUT2D eigenvalue weighted by atomic mass is 16.5. The highest BCUT2D eigenvalue weighted by Crippen LogP contribution is 2.23. The van der Waals surface area contributed by atoms with Gasteiger partial charge in [-0.2, -0.15) is 5.10 Å². The lowest BCUT2D eigenvalue weighted by Crippen LogP contribution is -2.32. The maximum Gasteiger partial charge on any atom is 0.329 e. The molecule has 2 N–H and O–H groups in total. The van der Waals surface area contributed by atoms with E-state index < -0.39 is 11.8 Å². The molecule has 2 amide bonds. The van der Waals surface area contributed by atoms with Crippen molar-refractivity contribution in [2.24, 2.45) is 5.10 Å². The number of para-hydroxylation sites is 2. The Labute approximate surface area is 134 Å². The number of carbonyl (C=O) groups excluding carboxylic acids is 2. The molecule has 0 bridgehead atoms. The van der Waals surface area contributed by atoms with E-state index in [4.69, 9.17) is 4.74 Å². The molecule has 0 aliphatic heterocycles. The van der Waals surface area contributed by atoms with Crippen molar-refractivity contribution < 1.29 is 14.3 Å². The quantitative estimate of drug-likeness (QED) is 0.504. The smallest absolute Gasteiger partial charge is 0.329 e. The second-order valence-corrected chi connectivity index (χ2v) is 4.49. The topological polar surface area (TPSA) is 79.8 Å². The maximum absolute atomic E-state index is 11.9. The first kappa shape index (κ1) is 16.2. The van der Waals surface area contributed by atoms with Gasteiger partial charge >= 0.3 is 11.8 Å². The zero-order chi connectivity index (χ0) is 16.5. The Kier molecular flexibility index (Phi) is 5.88. The Morgan fingerprint density at radius 3 is 2.48 bits per heavy atom. The average molecular weight is 311 g/mol. The molecule has 2 aromatic rings.